The van der Waals surface area contributed by atoms with E-state index in [1.54, 1.807) is 11.1 Å². The van der Waals surface area contributed by atoms with Crippen molar-refractivity contribution in [1.82, 2.24) is 0 Å². The van der Waals surface area contributed by atoms with Crippen LogP contribution >= 0.6 is 11.9 Å². The SMILES string of the molecule is O=COCl.c1ccc2c(c1)CCC2. The van der Waals surface area contributed by atoms with Crippen LogP contribution in [0.25, 0.3) is 0 Å². The molecule has 0 aromatic heterocycles. The second-order valence-corrected chi connectivity index (χ2v) is 2.99. The molecule has 3 heteroatoms. The maximum Gasteiger partial charge on any atom is 0.312 e. The zero-order valence-electron chi connectivity index (χ0n) is 7.20. The molecule has 0 atom stereocenters. The highest BCUT2D eigenvalue weighted by molar-refractivity contribution is 6.10. The van der Waals surface area contributed by atoms with Gasteiger partial charge in [-0.3, -0.25) is 4.79 Å². The van der Waals surface area contributed by atoms with Gasteiger partial charge in [0.25, 0.3) is 0 Å². The third kappa shape index (κ3) is 3.07. The van der Waals surface area contributed by atoms with E-state index >= 15 is 0 Å². The van der Waals surface area contributed by atoms with Gasteiger partial charge in [-0.05, 0) is 30.4 Å². The van der Waals surface area contributed by atoms with Gasteiger partial charge < -0.3 is 4.29 Å². The predicted octanol–water partition coefficient (Wildman–Crippen LogP) is 2.49. The second kappa shape index (κ2) is 5.60. The van der Waals surface area contributed by atoms with Crippen LogP contribution in [-0.2, 0) is 21.9 Å². The largest absolute Gasteiger partial charge is 0.350 e. The number of carbonyl (C=O) groups is 1. The monoisotopic (exact) mass is 198 g/mol. The molecule has 0 bridgehead atoms. The van der Waals surface area contributed by atoms with Crippen molar-refractivity contribution < 1.29 is 9.08 Å². The van der Waals surface area contributed by atoms with E-state index in [0.717, 1.165) is 0 Å². The van der Waals surface area contributed by atoms with Gasteiger partial charge in [-0.1, -0.05) is 24.3 Å². The van der Waals surface area contributed by atoms with E-state index < -0.39 is 0 Å². The molecule has 0 N–H and O–H groups in total. The van der Waals surface area contributed by atoms with Crippen molar-refractivity contribution in [3.05, 3.63) is 35.4 Å². The number of hydrogen-bond acceptors (Lipinski definition) is 2. The summed E-state index contributed by atoms with van der Waals surface area (Å²) in [5.41, 5.74) is 3.13. The molecule has 1 aliphatic rings. The fourth-order valence-electron chi connectivity index (χ4n) is 1.51. The van der Waals surface area contributed by atoms with Gasteiger partial charge in [0.2, 0.25) is 0 Å². The zero-order chi connectivity index (χ0) is 9.52. The van der Waals surface area contributed by atoms with Gasteiger partial charge in [0.1, 0.15) is 11.9 Å². The molecule has 1 aromatic carbocycles. The molecule has 0 saturated heterocycles. The Morgan fingerprint density at radius 2 is 1.69 bits per heavy atom. The second-order valence-electron chi connectivity index (χ2n) is 2.81. The average molecular weight is 199 g/mol. The first-order valence-electron chi connectivity index (χ1n) is 4.16. The molecule has 1 aliphatic carbocycles. The van der Waals surface area contributed by atoms with Crippen LogP contribution in [0.2, 0.25) is 0 Å². The van der Waals surface area contributed by atoms with Gasteiger partial charge in [0.05, 0.1) is 0 Å². The minimum atomic E-state index is 0.140. The molecule has 0 fully saturated rings. The van der Waals surface area contributed by atoms with Crippen molar-refractivity contribution in [2.75, 3.05) is 0 Å². The molecule has 0 amide bonds. The quantitative estimate of drug-likeness (QED) is 0.649. The van der Waals surface area contributed by atoms with Gasteiger partial charge in [-0.15, -0.1) is 0 Å². The summed E-state index contributed by atoms with van der Waals surface area (Å²) in [6.45, 7) is 0.140. The van der Waals surface area contributed by atoms with Crippen molar-refractivity contribution in [1.29, 1.82) is 0 Å². The number of aryl methyl sites for hydroxylation is 2. The molecular formula is C10H11ClO2. The Hall–Kier alpha value is -1.02. The van der Waals surface area contributed by atoms with Gasteiger partial charge in [-0.2, -0.15) is 0 Å². The highest BCUT2D eigenvalue weighted by atomic mass is 35.5. The zero-order valence-corrected chi connectivity index (χ0v) is 7.96. The van der Waals surface area contributed by atoms with Crippen LogP contribution in [0.3, 0.4) is 0 Å². The molecule has 0 aliphatic heterocycles. The summed E-state index contributed by atoms with van der Waals surface area (Å²) in [5, 5.41) is 0. The van der Waals surface area contributed by atoms with E-state index in [1.807, 2.05) is 0 Å². The van der Waals surface area contributed by atoms with E-state index in [9.17, 15) is 0 Å². The standard InChI is InChI=1S/C9H10.CHClO2/c1-2-5-9-7-3-6-8(9)4-1;2-4-1-3/h1-2,4-5H,3,6-7H2;1H. The van der Waals surface area contributed by atoms with E-state index in [-0.39, 0.29) is 6.47 Å². The summed E-state index contributed by atoms with van der Waals surface area (Å²) in [6.07, 6.45) is 3.96. The highest BCUT2D eigenvalue weighted by Crippen LogP contribution is 2.20. The van der Waals surface area contributed by atoms with Crippen LogP contribution in [0.1, 0.15) is 17.5 Å². The fraction of sp³-hybridized carbons (Fsp3) is 0.300. The van der Waals surface area contributed by atoms with Crippen molar-refractivity contribution in [3.8, 4) is 0 Å². The first kappa shape index (κ1) is 10.1. The lowest BCUT2D eigenvalue weighted by Crippen LogP contribution is -1.77. The van der Waals surface area contributed by atoms with Crippen molar-refractivity contribution in [3.63, 3.8) is 0 Å². The maximum absolute atomic E-state index is 8.82. The first-order chi connectivity index (χ1) is 6.38. The van der Waals surface area contributed by atoms with Gasteiger partial charge in [0.15, 0.2) is 0 Å². The van der Waals surface area contributed by atoms with E-state index in [2.05, 4.69) is 40.4 Å². The number of benzene rings is 1. The number of halogens is 1. The van der Waals surface area contributed by atoms with E-state index in [1.165, 1.54) is 19.3 Å². The van der Waals surface area contributed by atoms with Crippen molar-refractivity contribution >= 4 is 18.3 Å². The third-order valence-corrected chi connectivity index (χ3v) is 2.12. The molecule has 70 valence electrons. The molecular weight excluding hydrogens is 188 g/mol. The third-order valence-electron chi connectivity index (χ3n) is 2.05. The molecule has 2 nitrogen and oxygen atoms in total. The Balaban J connectivity index is 0.000000184. The van der Waals surface area contributed by atoms with Crippen LogP contribution in [0.5, 0.6) is 0 Å². The Morgan fingerprint density at radius 3 is 2.08 bits per heavy atom. The maximum atomic E-state index is 8.82. The van der Waals surface area contributed by atoms with Crippen molar-refractivity contribution in [2.24, 2.45) is 0 Å². The Bertz CT molecular complexity index is 250. The molecule has 0 unspecified atom stereocenters. The molecule has 0 saturated carbocycles. The normalized spacial score (nSPS) is 12.4. The minimum absolute atomic E-state index is 0.140. The summed E-state index contributed by atoms with van der Waals surface area (Å²) < 4.78 is 3.33. The number of rotatable bonds is 1. The van der Waals surface area contributed by atoms with Crippen LogP contribution in [0, 0.1) is 0 Å². The predicted molar refractivity (Wildman–Crippen MR) is 51.5 cm³/mol. The van der Waals surface area contributed by atoms with Crippen molar-refractivity contribution in [2.45, 2.75) is 19.3 Å². The van der Waals surface area contributed by atoms with E-state index in [0.29, 0.717) is 0 Å². The van der Waals surface area contributed by atoms with Crippen LogP contribution in [0.4, 0.5) is 0 Å². The van der Waals surface area contributed by atoms with Gasteiger partial charge >= 0.3 is 6.47 Å². The Kier molecular flexibility index (Phi) is 4.33. The summed E-state index contributed by atoms with van der Waals surface area (Å²) in [4.78, 5) is 8.82. The smallest absolute Gasteiger partial charge is 0.312 e. The average Bonchev–Trinajstić information content (AvgIpc) is 2.66. The molecule has 0 radical (unpaired) electrons. The first-order valence-corrected chi connectivity index (χ1v) is 4.47. The molecule has 1 aromatic rings. The lowest BCUT2D eigenvalue weighted by atomic mass is 10.1. The van der Waals surface area contributed by atoms with Crippen LogP contribution < -0.4 is 0 Å². The Morgan fingerprint density at radius 1 is 1.23 bits per heavy atom. The summed E-state index contributed by atoms with van der Waals surface area (Å²) in [6, 6.07) is 8.74. The number of fused-ring (bicyclic) bond motifs is 1. The summed E-state index contributed by atoms with van der Waals surface area (Å²) in [7, 11) is 0. The fourth-order valence-corrected chi connectivity index (χ4v) is 1.51. The molecule has 0 spiro atoms. The number of hydrogen-bond donors (Lipinski definition) is 0. The molecule has 13 heavy (non-hydrogen) atoms. The molecule has 0 heterocycles. The van der Waals surface area contributed by atoms with Crippen LogP contribution in [-0.4, -0.2) is 6.47 Å². The van der Waals surface area contributed by atoms with E-state index in [4.69, 9.17) is 4.79 Å². The van der Waals surface area contributed by atoms with Gasteiger partial charge in [0, 0.05) is 0 Å². The lowest BCUT2D eigenvalue weighted by molar-refractivity contribution is -0.120. The van der Waals surface area contributed by atoms with Crippen LogP contribution in [0.15, 0.2) is 24.3 Å². The minimum Gasteiger partial charge on any atom is -0.350 e. The Labute approximate surface area is 82.6 Å². The summed E-state index contributed by atoms with van der Waals surface area (Å²) in [5.74, 6) is 0. The topological polar surface area (TPSA) is 26.3 Å². The summed E-state index contributed by atoms with van der Waals surface area (Å²) >= 11 is 4.32. The highest BCUT2D eigenvalue weighted by Gasteiger charge is 2.07. The molecule has 2 rings (SSSR count). The number of carbonyl (C=O) groups excluding carboxylic acids is 1. The van der Waals surface area contributed by atoms with Gasteiger partial charge in [-0.25, -0.2) is 0 Å². The lowest BCUT2D eigenvalue weighted by Gasteiger charge is -1.93.